The van der Waals surface area contributed by atoms with Crippen molar-refractivity contribution < 1.29 is 23.1 Å². The Hall–Kier alpha value is -2.36. The van der Waals surface area contributed by atoms with Gasteiger partial charge in [-0.25, -0.2) is 9.97 Å². The summed E-state index contributed by atoms with van der Waals surface area (Å²) in [6.07, 6.45) is -1.99. The zero-order chi connectivity index (χ0) is 21.8. The van der Waals surface area contributed by atoms with E-state index in [1.54, 1.807) is 11.0 Å². The molecule has 0 aliphatic carbocycles. The predicted molar refractivity (Wildman–Crippen MR) is 105 cm³/mol. The average Bonchev–Trinajstić information content (AvgIpc) is 3.10. The Balaban J connectivity index is 1.94. The van der Waals surface area contributed by atoms with Crippen molar-refractivity contribution in [2.24, 2.45) is 0 Å². The van der Waals surface area contributed by atoms with Crippen molar-refractivity contribution >= 4 is 40.0 Å². The van der Waals surface area contributed by atoms with Gasteiger partial charge in [0.25, 0.3) is 0 Å². The van der Waals surface area contributed by atoms with Crippen molar-refractivity contribution in [3.8, 4) is 11.1 Å². The minimum atomic E-state index is -4.65. The van der Waals surface area contributed by atoms with Gasteiger partial charge in [0.15, 0.2) is 0 Å². The molecule has 1 atom stereocenters. The fourth-order valence-electron chi connectivity index (χ4n) is 3.90. The van der Waals surface area contributed by atoms with Crippen LogP contribution in [0.3, 0.4) is 0 Å². The van der Waals surface area contributed by atoms with Crippen LogP contribution in [0.2, 0.25) is 10.0 Å². The van der Waals surface area contributed by atoms with Gasteiger partial charge >= 0.3 is 6.18 Å². The van der Waals surface area contributed by atoms with Crippen LogP contribution in [-0.4, -0.2) is 44.0 Å². The second-order valence-corrected chi connectivity index (χ2v) is 7.74. The largest absolute Gasteiger partial charge is 0.451 e. The van der Waals surface area contributed by atoms with Gasteiger partial charge in [-0.1, -0.05) is 23.2 Å². The van der Waals surface area contributed by atoms with Crippen molar-refractivity contribution in [1.29, 1.82) is 0 Å². The fourth-order valence-corrected chi connectivity index (χ4v) is 4.30. The number of nitrogens with zero attached hydrogens (tertiary/aromatic N) is 3. The fraction of sp³-hybridized carbons (Fsp3) is 0.316. The number of nitrogens with one attached hydrogen (secondary N) is 1. The van der Waals surface area contributed by atoms with E-state index in [1.807, 2.05) is 6.92 Å². The molecule has 1 aliphatic heterocycles. The Morgan fingerprint density at radius 1 is 1.33 bits per heavy atom. The number of fused-ring (bicyclic) bond motifs is 3. The van der Waals surface area contributed by atoms with Crippen molar-refractivity contribution in [2.45, 2.75) is 25.6 Å². The van der Waals surface area contributed by atoms with Gasteiger partial charge in [-0.2, -0.15) is 13.2 Å². The molecule has 1 aliphatic rings. The standard InChI is InChI=1S/C19H15Cl2F3N4O2/c1-8-14-12(2-3-28(8)13(30)7-29)27-17-15(14)10(4-11(20)16(17)21)9-5-25-18(26-6-9)19(22,23)24/h4-6,8,27,29H,2-3,7H2,1H3/t8-/m0/s1. The first-order chi connectivity index (χ1) is 14.1. The third-order valence-corrected chi connectivity index (χ3v) is 6.04. The number of rotatable bonds is 2. The molecule has 0 bridgehead atoms. The molecule has 4 rings (SSSR count). The quantitative estimate of drug-likeness (QED) is 0.596. The van der Waals surface area contributed by atoms with E-state index in [9.17, 15) is 23.1 Å². The summed E-state index contributed by atoms with van der Waals surface area (Å²) in [5, 5.41) is 10.4. The normalized spacial score (nSPS) is 16.8. The van der Waals surface area contributed by atoms with Crippen LogP contribution in [0.25, 0.3) is 22.0 Å². The van der Waals surface area contributed by atoms with E-state index in [0.29, 0.717) is 35.0 Å². The summed E-state index contributed by atoms with van der Waals surface area (Å²) < 4.78 is 38.5. The topological polar surface area (TPSA) is 82.1 Å². The SMILES string of the molecule is C[C@H]1c2c([nH]c3c(Cl)c(Cl)cc(-c4cnc(C(F)(F)F)nc4)c23)CCN1C(=O)CO. The van der Waals surface area contributed by atoms with Crippen LogP contribution in [0.5, 0.6) is 0 Å². The molecular weight excluding hydrogens is 444 g/mol. The molecule has 0 unspecified atom stereocenters. The van der Waals surface area contributed by atoms with E-state index in [0.717, 1.165) is 23.7 Å². The molecule has 158 valence electrons. The molecule has 3 heterocycles. The Bertz CT molecular complexity index is 1150. The van der Waals surface area contributed by atoms with Gasteiger partial charge in [0.2, 0.25) is 11.7 Å². The molecule has 2 N–H and O–H groups in total. The molecule has 1 amide bonds. The maximum absolute atomic E-state index is 12.8. The van der Waals surface area contributed by atoms with E-state index in [4.69, 9.17) is 23.2 Å². The number of carbonyl (C=O) groups excluding carboxylic acids is 1. The molecule has 0 saturated carbocycles. The lowest BCUT2D eigenvalue weighted by Gasteiger charge is -2.33. The molecule has 0 spiro atoms. The summed E-state index contributed by atoms with van der Waals surface area (Å²) in [5.41, 5.74) is 2.96. The number of aliphatic hydroxyl groups excluding tert-OH is 1. The van der Waals surface area contributed by atoms with Crippen LogP contribution in [0.15, 0.2) is 18.5 Å². The highest BCUT2D eigenvalue weighted by molar-refractivity contribution is 6.45. The first-order valence-corrected chi connectivity index (χ1v) is 9.71. The van der Waals surface area contributed by atoms with Gasteiger partial charge < -0.3 is 15.0 Å². The van der Waals surface area contributed by atoms with Crippen molar-refractivity contribution in [1.82, 2.24) is 19.9 Å². The molecular formula is C19H15Cl2F3N4O2. The number of halogens is 5. The number of hydrogen-bond donors (Lipinski definition) is 2. The summed E-state index contributed by atoms with van der Waals surface area (Å²) in [7, 11) is 0. The van der Waals surface area contributed by atoms with Crippen molar-refractivity contribution in [3.05, 3.63) is 45.6 Å². The highest BCUT2D eigenvalue weighted by Crippen LogP contribution is 2.45. The first-order valence-electron chi connectivity index (χ1n) is 8.95. The smallest absolute Gasteiger partial charge is 0.387 e. The summed E-state index contributed by atoms with van der Waals surface area (Å²) >= 11 is 12.7. The third-order valence-electron chi connectivity index (χ3n) is 5.25. The van der Waals surface area contributed by atoms with Crippen LogP contribution in [-0.2, 0) is 17.4 Å². The second-order valence-electron chi connectivity index (χ2n) is 6.95. The summed E-state index contributed by atoms with van der Waals surface area (Å²) in [4.78, 5) is 23.8. The molecule has 30 heavy (non-hydrogen) atoms. The Morgan fingerprint density at radius 2 is 2.00 bits per heavy atom. The van der Waals surface area contributed by atoms with Gasteiger partial charge in [-0.3, -0.25) is 4.79 Å². The number of aliphatic hydroxyl groups is 1. The van der Waals surface area contributed by atoms with Gasteiger partial charge in [0.1, 0.15) is 6.61 Å². The zero-order valence-electron chi connectivity index (χ0n) is 15.5. The zero-order valence-corrected chi connectivity index (χ0v) is 17.0. The molecule has 6 nitrogen and oxygen atoms in total. The number of H-pyrrole nitrogens is 1. The third kappa shape index (κ3) is 3.30. The van der Waals surface area contributed by atoms with Crippen LogP contribution in [0.4, 0.5) is 13.2 Å². The lowest BCUT2D eigenvalue weighted by Crippen LogP contribution is -2.40. The minimum Gasteiger partial charge on any atom is -0.387 e. The highest BCUT2D eigenvalue weighted by Gasteiger charge is 2.35. The van der Waals surface area contributed by atoms with E-state index < -0.39 is 30.6 Å². The molecule has 11 heteroatoms. The second kappa shape index (κ2) is 7.40. The predicted octanol–water partition coefficient (Wildman–Crippen LogP) is 4.39. The Labute approximate surface area is 178 Å². The molecule has 3 aromatic rings. The first kappa shape index (κ1) is 20.9. The number of amides is 1. The summed E-state index contributed by atoms with van der Waals surface area (Å²) in [5.74, 6) is -1.66. The lowest BCUT2D eigenvalue weighted by molar-refractivity contribution is -0.145. The number of hydrogen-bond acceptors (Lipinski definition) is 4. The summed E-state index contributed by atoms with van der Waals surface area (Å²) in [6, 6.07) is 1.15. The van der Waals surface area contributed by atoms with Crippen molar-refractivity contribution in [3.63, 3.8) is 0 Å². The van der Waals surface area contributed by atoms with Gasteiger partial charge in [0.05, 0.1) is 21.6 Å². The maximum atomic E-state index is 12.8. The molecule has 0 saturated heterocycles. The van der Waals surface area contributed by atoms with Crippen LogP contribution in [0.1, 0.15) is 30.0 Å². The monoisotopic (exact) mass is 458 g/mol. The van der Waals surface area contributed by atoms with E-state index in [2.05, 4.69) is 15.0 Å². The minimum absolute atomic E-state index is 0.216. The van der Waals surface area contributed by atoms with E-state index >= 15 is 0 Å². The molecule has 2 aromatic heterocycles. The highest BCUT2D eigenvalue weighted by atomic mass is 35.5. The van der Waals surface area contributed by atoms with Crippen LogP contribution >= 0.6 is 23.2 Å². The molecule has 0 fully saturated rings. The van der Waals surface area contributed by atoms with Crippen LogP contribution in [0, 0.1) is 0 Å². The average molecular weight is 459 g/mol. The number of aromatic nitrogens is 3. The van der Waals surface area contributed by atoms with Gasteiger partial charge in [0, 0.05) is 47.6 Å². The number of alkyl halides is 3. The van der Waals surface area contributed by atoms with Crippen molar-refractivity contribution in [2.75, 3.05) is 13.2 Å². The van der Waals surface area contributed by atoms with E-state index in [1.165, 1.54) is 0 Å². The maximum Gasteiger partial charge on any atom is 0.451 e. The molecule has 0 radical (unpaired) electrons. The number of carbonyl (C=O) groups is 1. The lowest BCUT2D eigenvalue weighted by atomic mass is 9.93. The van der Waals surface area contributed by atoms with Gasteiger partial charge in [-0.15, -0.1) is 0 Å². The Kier molecular flexibility index (Phi) is 5.16. The van der Waals surface area contributed by atoms with Gasteiger partial charge in [-0.05, 0) is 18.6 Å². The number of benzene rings is 1. The summed E-state index contributed by atoms with van der Waals surface area (Å²) in [6.45, 7) is 1.60. The number of aromatic amines is 1. The van der Waals surface area contributed by atoms with E-state index in [-0.39, 0.29) is 10.0 Å². The Morgan fingerprint density at radius 3 is 2.60 bits per heavy atom. The van der Waals surface area contributed by atoms with Crippen LogP contribution < -0.4 is 0 Å². The molecule has 1 aromatic carbocycles.